The highest BCUT2D eigenvalue weighted by atomic mass is 16.5. The summed E-state index contributed by atoms with van der Waals surface area (Å²) in [5, 5.41) is 8.52. The fraction of sp³-hybridized carbons (Fsp3) is 0.429. The Bertz CT molecular complexity index is 174. The highest BCUT2D eigenvalue weighted by Crippen LogP contribution is 2.29. The van der Waals surface area contributed by atoms with E-state index in [0.717, 1.165) is 0 Å². The van der Waals surface area contributed by atoms with Gasteiger partial charge < -0.3 is 9.84 Å². The van der Waals surface area contributed by atoms with Crippen molar-refractivity contribution in [1.82, 2.24) is 0 Å². The molecule has 1 aliphatic heterocycles. The molecule has 0 saturated carbocycles. The van der Waals surface area contributed by atoms with Gasteiger partial charge >= 0.3 is 5.97 Å². The van der Waals surface area contributed by atoms with Crippen molar-refractivity contribution in [3.63, 3.8) is 0 Å². The van der Waals surface area contributed by atoms with Crippen molar-refractivity contribution in [3.05, 3.63) is 18.3 Å². The highest BCUT2D eigenvalue weighted by Gasteiger charge is 2.33. The number of carbonyl (C=O) groups is 1. The summed E-state index contributed by atoms with van der Waals surface area (Å²) in [6.45, 7) is 5.29. The lowest BCUT2D eigenvalue weighted by Crippen LogP contribution is -2.08. The molecule has 1 atom stereocenters. The van der Waals surface area contributed by atoms with Crippen LogP contribution in [-0.2, 0) is 9.53 Å². The molecule has 0 aliphatic carbocycles. The molecule has 0 aromatic carbocycles. The first-order valence-corrected chi connectivity index (χ1v) is 3.06. The van der Waals surface area contributed by atoms with Gasteiger partial charge in [-0.2, -0.15) is 0 Å². The van der Waals surface area contributed by atoms with Gasteiger partial charge in [0.2, 0.25) is 0 Å². The van der Waals surface area contributed by atoms with Crippen LogP contribution in [0, 0.1) is 5.92 Å². The Kier molecular flexibility index (Phi) is 1.66. The first kappa shape index (κ1) is 7.12. The average Bonchev–Trinajstić information content (AvgIpc) is 2.10. The fourth-order valence-corrected chi connectivity index (χ4v) is 0.964. The third-order valence-corrected chi connectivity index (χ3v) is 1.43. The lowest BCUT2D eigenvalue weighted by molar-refractivity contribution is -0.134. The monoisotopic (exact) mass is 141 g/mol. The standard InChI is InChI=1S/C7H9O3/c1-4-3-6(7(8)9)5(2)10-4/h4H,2-3H2,1H3,(H,8,9). The lowest BCUT2D eigenvalue weighted by atomic mass is 10.1. The number of hydrogen-bond donors (Lipinski definition) is 1. The van der Waals surface area contributed by atoms with Crippen LogP contribution in [0.1, 0.15) is 13.3 Å². The predicted molar refractivity (Wildman–Crippen MR) is 35.2 cm³/mol. The molecule has 3 nitrogen and oxygen atoms in total. The Labute approximate surface area is 59.3 Å². The third-order valence-electron chi connectivity index (χ3n) is 1.43. The summed E-state index contributed by atoms with van der Waals surface area (Å²) in [6, 6.07) is 0. The summed E-state index contributed by atoms with van der Waals surface area (Å²) < 4.78 is 5.02. The lowest BCUT2D eigenvalue weighted by Gasteiger charge is -2.00. The molecule has 0 aromatic heterocycles. The summed E-state index contributed by atoms with van der Waals surface area (Å²) in [4.78, 5) is 10.4. The largest absolute Gasteiger partial charge is 0.494 e. The number of ether oxygens (including phenoxy) is 1. The van der Waals surface area contributed by atoms with Gasteiger partial charge in [-0.15, -0.1) is 0 Å². The van der Waals surface area contributed by atoms with E-state index < -0.39 is 5.97 Å². The van der Waals surface area contributed by atoms with Gasteiger partial charge in [-0.25, -0.2) is 0 Å². The quantitative estimate of drug-likeness (QED) is 0.591. The van der Waals surface area contributed by atoms with E-state index in [0.29, 0.717) is 18.1 Å². The summed E-state index contributed by atoms with van der Waals surface area (Å²) in [7, 11) is 0. The van der Waals surface area contributed by atoms with Crippen molar-refractivity contribution in [1.29, 1.82) is 0 Å². The Morgan fingerprint density at radius 1 is 1.90 bits per heavy atom. The Balaban J connectivity index is 2.63. The number of carboxylic acid groups (broad SMARTS) is 1. The van der Waals surface area contributed by atoms with Crippen molar-refractivity contribution in [3.8, 4) is 0 Å². The molecule has 1 rings (SSSR count). The minimum Gasteiger partial charge on any atom is -0.494 e. The number of carboxylic acids is 1. The van der Waals surface area contributed by atoms with E-state index >= 15 is 0 Å². The minimum atomic E-state index is -0.922. The van der Waals surface area contributed by atoms with Crippen LogP contribution in [0.25, 0.3) is 0 Å². The van der Waals surface area contributed by atoms with E-state index in [4.69, 9.17) is 9.84 Å². The normalized spacial score (nSPS) is 26.5. The maximum atomic E-state index is 10.4. The second-order valence-corrected chi connectivity index (χ2v) is 2.34. The molecule has 1 saturated heterocycles. The highest BCUT2D eigenvalue weighted by molar-refractivity contribution is 5.87. The molecule has 1 radical (unpaired) electrons. The molecule has 1 aliphatic rings. The Hall–Kier alpha value is -0.990. The van der Waals surface area contributed by atoms with Crippen molar-refractivity contribution in [2.24, 2.45) is 0 Å². The van der Waals surface area contributed by atoms with Gasteiger partial charge in [0.25, 0.3) is 0 Å². The Morgan fingerprint density at radius 2 is 2.50 bits per heavy atom. The zero-order chi connectivity index (χ0) is 7.72. The molecular weight excluding hydrogens is 132 g/mol. The van der Waals surface area contributed by atoms with E-state index in [2.05, 4.69) is 6.58 Å². The molecule has 1 unspecified atom stereocenters. The van der Waals surface area contributed by atoms with Crippen LogP contribution in [0.2, 0.25) is 0 Å². The van der Waals surface area contributed by atoms with E-state index in [1.165, 1.54) is 0 Å². The van der Waals surface area contributed by atoms with Gasteiger partial charge in [-0.05, 0) is 6.92 Å². The van der Waals surface area contributed by atoms with Crippen LogP contribution in [0.15, 0.2) is 12.3 Å². The van der Waals surface area contributed by atoms with Gasteiger partial charge in [0, 0.05) is 6.42 Å². The average molecular weight is 141 g/mol. The SMILES string of the molecule is C=C1OC(C)C[C]1C(=O)O. The minimum absolute atomic E-state index is 0.0291. The fourth-order valence-electron chi connectivity index (χ4n) is 0.964. The first-order chi connectivity index (χ1) is 4.61. The molecule has 55 valence electrons. The number of aliphatic carboxylic acids is 1. The van der Waals surface area contributed by atoms with Crippen LogP contribution in [0.5, 0.6) is 0 Å². The topological polar surface area (TPSA) is 46.5 Å². The van der Waals surface area contributed by atoms with Crippen molar-refractivity contribution in [2.45, 2.75) is 19.4 Å². The zero-order valence-electron chi connectivity index (χ0n) is 5.76. The Morgan fingerprint density at radius 3 is 2.70 bits per heavy atom. The van der Waals surface area contributed by atoms with Gasteiger partial charge in [0.1, 0.15) is 5.76 Å². The van der Waals surface area contributed by atoms with E-state index in [1.807, 2.05) is 6.92 Å². The van der Waals surface area contributed by atoms with Gasteiger partial charge in [-0.1, -0.05) is 6.58 Å². The molecule has 0 amide bonds. The van der Waals surface area contributed by atoms with E-state index in [9.17, 15) is 4.79 Å². The second-order valence-electron chi connectivity index (χ2n) is 2.34. The molecule has 10 heavy (non-hydrogen) atoms. The summed E-state index contributed by atoms with van der Waals surface area (Å²) in [6.07, 6.45) is 0.437. The molecule has 0 aromatic rings. The smallest absolute Gasteiger partial charge is 0.319 e. The van der Waals surface area contributed by atoms with Crippen LogP contribution < -0.4 is 0 Å². The van der Waals surface area contributed by atoms with Crippen LogP contribution in [0.4, 0.5) is 0 Å². The molecular formula is C7H9O3. The molecule has 1 fully saturated rings. The number of rotatable bonds is 1. The maximum Gasteiger partial charge on any atom is 0.319 e. The molecule has 0 bridgehead atoms. The summed E-state index contributed by atoms with van der Waals surface area (Å²) in [5.41, 5.74) is 0. The molecule has 0 spiro atoms. The summed E-state index contributed by atoms with van der Waals surface area (Å²) in [5.74, 6) is -0.318. The predicted octanol–water partition coefficient (Wildman–Crippen LogP) is 0.968. The van der Waals surface area contributed by atoms with Gasteiger partial charge in [0.15, 0.2) is 5.92 Å². The van der Waals surface area contributed by atoms with Crippen LogP contribution in [0.3, 0.4) is 0 Å². The molecule has 3 heteroatoms. The molecule has 1 heterocycles. The third kappa shape index (κ3) is 1.12. The number of hydrogen-bond acceptors (Lipinski definition) is 2. The van der Waals surface area contributed by atoms with Crippen molar-refractivity contribution in [2.75, 3.05) is 0 Å². The van der Waals surface area contributed by atoms with Crippen LogP contribution >= 0.6 is 0 Å². The zero-order valence-corrected chi connectivity index (χ0v) is 5.76. The van der Waals surface area contributed by atoms with Crippen molar-refractivity contribution >= 4 is 5.97 Å². The van der Waals surface area contributed by atoms with E-state index in [1.54, 1.807) is 0 Å². The van der Waals surface area contributed by atoms with Gasteiger partial charge in [-0.3, -0.25) is 4.79 Å². The van der Waals surface area contributed by atoms with Gasteiger partial charge in [0.05, 0.1) is 6.10 Å². The second kappa shape index (κ2) is 2.33. The van der Waals surface area contributed by atoms with E-state index in [-0.39, 0.29) is 6.10 Å². The summed E-state index contributed by atoms with van der Waals surface area (Å²) >= 11 is 0. The van der Waals surface area contributed by atoms with Crippen molar-refractivity contribution < 1.29 is 14.6 Å². The van der Waals surface area contributed by atoms with Crippen LogP contribution in [-0.4, -0.2) is 17.2 Å². The maximum absolute atomic E-state index is 10.4. The first-order valence-electron chi connectivity index (χ1n) is 3.06. The molecule has 1 N–H and O–H groups in total.